The van der Waals surface area contributed by atoms with Crippen molar-refractivity contribution in [1.82, 2.24) is 0 Å². The minimum absolute atomic E-state index is 0.0958. The second-order valence-corrected chi connectivity index (χ2v) is 7.52. The van der Waals surface area contributed by atoms with Gasteiger partial charge in [0.15, 0.2) is 17.3 Å². The zero-order valence-electron chi connectivity index (χ0n) is 16.3. The van der Waals surface area contributed by atoms with E-state index in [0.717, 1.165) is 6.07 Å². The van der Waals surface area contributed by atoms with E-state index in [4.69, 9.17) is 9.47 Å². The van der Waals surface area contributed by atoms with Crippen molar-refractivity contribution in [2.45, 2.75) is 43.7 Å². The highest BCUT2D eigenvalue weighted by Gasteiger charge is 2.45. The molecule has 2 heterocycles. The molecule has 0 aromatic heterocycles. The maximum atomic E-state index is 10.3. The lowest BCUT2D eigenvalue weighted by molar-refractivity contribution is -0.287. The van der Waals surface area contributed by atoms with E-state index in [9.17, 15) is 35.7 Å². The minimum Gasteiger partial charge on any atom is -0.571 e. The van der Waals surface area contributed by atoms with Gasteiger partial charge in [-0.05, 0) is 25.1 Å². The summed E-state index contributed by atoms with van der Waals surface area (Å²) in [5.41, 5.74) is 0.639. The maximum Gasteiger partial charge on any atom is 0.270 e. The molecule has 0 bridgehead atoms. The Labute approximate surface area is 176 Å². The van der Waals surface area contributed by atoms with Gasteiger partial charge in [0.25, 0.3) is 11.9 Å². The van der Waals surface area contributed by atoms with Gasteiger partial charge in [0.2, 0.25) is 6.29 Å². The SMILES string of the molecule is C[C@@H]1O[C@@H](OC2=Cc3c(O)cc(O)cc3[OH+]C2c2ccc(O)c(O)c2)[C@@H](O)[C@H](O)[C@H]1O. The van der Waals surface area contributed by atoms with Crippen LogP contribution in [0.4, 0.5) is 0 Å². The molecule has 0 spiro atoms. The van der Waals surface area contributed by atoms with Gasteiger partial charge in [-0.25, -0.2) is 0 Å². The molecule has 0 aliphatic carbocycles. The first-order valence-electron chi connectivity index (χ1n) is 9.52. The van der Waals surface area contributed by atoms with E-state index in [1.807, 2.05) is 0 Å². The lowest BCUT2D eigenvalue weighted by Crippen LogP contribution is -2.57. The zero-order valence-corrected chi connectivity index (χ0v) is 16.3. The monoisotopic (exact) mass is 435 g/mol. The van der Waals surface area contributed by atoms with Gasteiger partial charge < -0.3 is 50.0 Å². The van der Waals surface area contributed by atoms with Gasteiger partial charge in [0.1, 0.15) is 35.4 Å². The Balaban J connectivity index is 1.74. The van der Waals surface area contributed by atoms with Crippen molar-refractivity contribution in [3.05, 3.63) is 47.2 Å². The molecule has 166 valence electrons. The van der Waals surface area contributed by atoms with E-state index in [-0.39, 0.29) is 34.3 Å². The first kappa shape index (κ1) is 21.1. The fraction of sp³-hybridized carbons (Fsp3) is 0.333. The number of aromatic hydroxyl groups is 5. The van der Waals surface area contributed by atoms with Crippen molar-refractivity contribution in [3.8, 4) is 28.7 Å². The molecule has 8 N–H and O–H groups in total. The van der Waals surface area contributed by atoms with Crippen LogP contribution >= 0.6 is 0 Å². The van der Waals surface area contributed by atoms with E-state index >= 15 is 0 Å². The summed E-state index contributed by atoms with van der Waals surface area (Å²) in [6.07, 6.45) is -6.06. The predicted octanol–water partition coefficient (Wildman–Crippen LogP) is 0.690. The average Bonchev–Trinajstić information content (AvgIpc) is 2.72. The van der Waals surface area contributed by atoms with Gasteiger partial charge in [-0.3, -0.25) is 0 Å². The van der Waals surface area contributed by atoms with Crippen LogP contribution in [0.2, 0.25) is 0 Å². The second-order valence-electron chi connectivity index (χ2n) is 7.52. The molecule has 0 saturated carbocycles. The number of fused-ring (bicyclic) bond motifs is 1. The molecule has 0 amide bonds. The fourth-order valence-corrected chi connectivity index (χ4v) is 3.58. The normalized spacial score (nSPS) is 30.1. The minimum atomic E-state index is -1.57. The van der Waals surface area contributed by atoms with Crippen LogP contribution in [0.25, 0.3) is 6.08 Å². The van der Waals surface area contributed by atoms with E-state index in [0.29, 0.717) is 5.56 Å². The summed E-state index contributed by atoms with van der Waals surface area (Å²) < 4.78 is 15.8. The van der Waals surface area contributed by atoms with E-state index in [1.165, 1.54) is 37.3 Å². The number of phenolic OH excluding ortho intramolecular Hbond substituents is 4. The van der Waals surface area contributed by atoms with Crippen LogP contribution in [0, 0.1) is 0 Å². The Morgan fingerprint density at radius 2 is 1.61 bits per heavy atom. The van der Waals surface area contributed by atoms with Crippen molar-refractivity contribution >= 4 is 6.08 Å². The third-order valence-corrected chi connectivity index (χ3v) is 5.32. The van der Waals surface area contributed by atoms with Crippen LogP contribution in [-0.4, -0.2) is 71.2 Å². The lowest BCUT2D eigenvalue weighted by atomic mass is 9.99. The van der Waals surface area contributed by atoms with Crippen molar-refractivity contribution in [2.24, 2.45) is 0 Å². The Kier molecular flexibility index (Phi) is 5.31. The zero-order chi connectivity index (χ0) is 22.4. The molecule has 1 saturated heterocycles. The van der Waals surface area contributed by atoms with Gasteiger partial charge >= 0.3 is 0 Å². The van der Waals surface area contributed by atoms with Crippen LogP contribution < -0.4 is 0 Å². The molecule has 2 aliphatic heterocycles. The molecule has 2 aromatic rings. The first-order valence-corrected chi connectivity index (χ1v) is 9.52. The number of benzene rings is 2. The standard InChI is InChI=1S/C21H22O10/c1-8-17(26)18(27)19(28)21(29-8)31-16-7-11-13(24)5-10(22)6-15(11)30-20(16)9-2-3-12(23)14(25)4-9/h2-8,17-28H,1H3/p+1/t8-,17-,18+,19-,20?,21-/m0/s1. The van der Waals surface area contributed by atoms with Crippen molar-refractivity contribution in [3.63, 3.8) is 0 Å². The summed E-state index contributed by atoms with van der Waals surface area (Å²) in [5.74, 6) is -0.853. The van der Waals surface area contributed by atoms with Gasteiger partial charge in [-0.15, -0.1) is 0 Å². The summed E-state index contributed by atoms with van der Waals surface area (Å²) in [5, 5.41) is 69.8. The van der Waals surface area contributed by atoms with Crippen LogP contribution in [0.5, 0.6) is 28.7 Å². The molecule has 10 heteroatoms. The number of hydrogen-bond donors (Lipinski definition) is 7. The molecule has 4 rings (SSSR count). The Hall–Kier alpha value is -3.18. The molecule has 2 aliphatic rings. The van der Waals surface area contributed by atoms with Gasteiger partial charge in [-0.2, -0.15) is 0 Å². The fourth-order valence-electron chi connectivity index (χ4n) is 3.58. The molecule has 2 aromatic carbocycles. The molecule has 1 unspecified atom stereocenters. The summed E-state index contributed by atoms with van der Waals surface area (Å²) in [6, 6.07) is 6.50. The van der Waals surface area contributed by atoms with E-state index in [2.05, 4.69) is 4.74 Å². The van der Waals surface area contributed by atoms with Gasteiger partial charge in [0, 0.05) is 12.1 Å². The quantitative estimate of drug-likeness (QED) is 0.270. The van der Waals surface area contributed by atoms with Gasteiger partial charge in [0.05, 0.1) is 17.7 Å². The Bertz CT molecular complexity index is 1020. The van der Waals surface area contributed by atoms with Crippen LogP contribution in [0.3, 0.4) is 0 Å². The van der Waals surface area contributed by atoms with E-state index < -0.39 is 42.6 Å². The van der Waals surface area contributed by atoms with Crippen molar-refractivity contribution < 1.29 is 50.0 Å². The molecule has 1 fully saturated rings. The highest BCUT2D eigenvalue weighted by molar-refractivity contribution is 5.69. The lowest BCUT2D eigenvalue weighted by Gasteiger charge is -2.39. The largest absolute Gasteiger partial charge is 0.571 e. The molecule has 0 radical (unpaired) electrons. The number of aliphatic hydroxyl groups is 4. The number of ether oxygens (including phenoxy) is 3. The molecular weight excluding hydrogens is 412 g/mol. The third kappa shape index (κ3) is 3.81. The third-order valence-electron chi connectivity index (χ3n) is 5.32. The van der Waals surface area contributed by atoms with Crippen LogP contribution in [0.15, 0.2) is 36.1 Å². The second kappa shape index (κ2) is 7.82. The molecular formula is C21H23O10+. The predicted molar refractivity (Wildman–Crippen MR) is 105 cm³/mol. The number of phenols is 4. The van der Waals surface area contributed by atoms with Crippen molar-refractivity contribution in [2.75, 3.05) is 0 Å². The summed E-state index contributed by atoms with van der Waals surface area (Å²) in [7, 11) is 0. The smallest absolute Gasteiger partial charge is 0.270 e. The van der Waals surface area contributed by atoms with Crippen LogP contribution in [-0.2, 0) is 9.47 Å². The molecule has 6 atom stereocenters. The van der Waals surface area contributed by atoms with E-state index in [1.54, 1.807) is 0 Å². The first-order chi connectivity index (χ1) is 14.7. The number of rotatable bonds is 3. The molecule has 10 nitrogen and oxygen atoms in total. The Morgan fingerprint density at radius 3 is 2.32 bits per heavy atom. The summed E-state index contributed by atoms with van der Waals surface area (Å²) in [4.78, 5) is 0. The van der Waals surface area contributed by atoms with Crippen LogP contribution in [0.1, 0.15) is 24.2 Å². The van der Waals surface area contributed by atoms with Gasteiger partial charge in [-0.1, -0.05) is 0 Å². The summed E-state index contributed by atoms with van der Waals surface area (Å²) in [6.45, 7) is 1.51. The highest BCUT2D eigenvalue weighted by Crippen LogP contribution is 2.46. The van der Waals surface area contributed by atoms with Crippen molar-refractivity contribution in [1.29, 1.82) is 0 Å². The Morgan fingerprint density at radius 1 is 0.871 bits per heavy atom. The maximum absolute atomic E-state index is 10.3. The highest BCUT2D eigenvalue weighted by atomic mass is 16.7. The average molecular weight is 435 g/mol. The topological polar surface area (TPSA) is 173 Å². The summed E-state index contributed by atoms with van der Waals surface area (Å²) >= 11 is 0. The molecule has 31 heavy (non-hydrogen) atoms. The number of hydrogen-bond acceptors (Lipinski definition) is 9. The number of aliphatic hydroxyl groups excluding tert-OH is 3.